The van der Waals surface area contributed by atoms with E-state index in [-0.39, 0.29) is 6.10 Å². The number of aliphatic hydroxyl groups is 1. The van der Waals surface area contributed by atoms with Gasteiger partial charge in [-0.3, -0.25) is 0 Å². The fraction of sp³-hybridized carbons (Fsp3) is 0.294. The molecule has 106 valence electrons. The molecule has 0 aliphatic rings. The summed E-state index contributed by atoms with van der Waals surface area (Å²) in [5.41, 5.74) is 1.12. The molecule has 0 saturated heterocycles. The molecule has 0 aliphatic carbocycles. The molecule has 0 bridgehead atoms. The van der Waals surface area contributed by atoms with Crippen molar-refractivity contribution in [1.82, 2.24) is 0 Å². The van der Waals surface area contributed by atoms with Crippen LogP contribution in [0, 0.1) is 0 Å². The molecule has 0 spiro atoms. The van der Waals surface area contributed by atoms with E-state index >= 15 is 0 Å². The molecule has 0 amide bonds. The average molecular weight is 272 g/mol. The third kappa shape index (κ3) is 4.28. The summed E-state index contributed by atoms with van der Waals surface area (Å²) in [6.45, 7) is 4.07. The number of rotatable bonds is 6. The second kappa shape index (κ2) is 6.96. The van der Waals surface area contributed by atoms with Gasteiger partial charge >= 0.3 is 0 Å². The van der Waals surface area contributed by atoms with Crippen molar-refractivity contribution in [2.45, 2.75) is 32.7 Å². The molecule has 0 aliphatic heterocycles. The lowest BCUT2D eigenvalue weighted by atomic mass is 10.2. The van der Waals surface area contributed by atoms with Gasteiger partial charge in [-0.05, 0) is 31.5 Å². The minimum absolute atomic E-state index is 0.251. The van der Waals surface area contributed by atoms with Crippen LogP contribution in [0.3, 0.4) is 0 Å². The minimum Gasteiger partial charge on any atom is -0.489 e. The van der Waals surface area contributed by atoms with Crippen molar-refractivity contribution in [3.05, 3.63) is 60.2 Å². The Morgan fingerprint density at radius 2 is 1.65 bits per heavy atom. The van der Waals surface area contributed by atoms with Crippen LogP contribution in [0.25, 0.3) is 0 Å². The predicted molar refractivity (Wildman–Crippen MR) is 79.0 cm³/mol. The lowest BCUT2D eigenvalue weighted by Gasteiger charge is -2.17. The maximum atomic E-state index is 9.45. The van der Waals surface area contributed by atoms with E-state index in [0.717, 1.165) is 11.3 Å². The third-order valence-corrected chi connectivity index (χ3v) is 3.06. The molecule has 0 unspecified atom stereocenters. The van der Waals surface area contributed by atoms with E-state index in [1.165, 1.54) is 0 Å². The van der Waals surface area contributed by atoms with Gasteiger partial charge in [-0.2, -0.15) is 0 Å². The monoisotopic (exact) mass is 272 g/mol. The Morgan fingerprint density at radius 3 is 2.35 bits per heavy atom. The molecule has 2 aromatic rings. The van der Waals surface area contributed by atoms with Gasteiger partial charge < -0.3 is 14.6 Å². The number of hydrogen-bond donors (Lipinski definition) is 1. The van der Waals surface area contributed by atoms with Gasteiger partial charge in [-0.1, -0.05) is 36.4 Å². The fourth-order valence-corrected chi connectivity index (χ4v) is 1.69. The summed E-state index contributed by atoms with van der Waals surface area (Å²) in [6, 6.07) is 17.5. The maximum absolute atomic E-state index is 9.45. The molecule has 1 N–H and O–H groups in total. The number of ether oxygens (including phenoxy) is 2. The van der Waals surface area contributed by atoms with Crippen molar-refractivity contribution in [3.8, 4) is 11.5 Å². The van der Waals surface area contributed by atoms with Crippen LogP contribution in [0.15, 0.2) is 54.6 Å². The van der Waals surface area contributed by atoms with Crippen LogP contribution in [0.5, 0.6) is 11.5 Å². The molecule has 2 aromatic carbocycles. The second-order valence-corrected chi connectivity index (χ2v) is 4.81. The van der Waals surface area contributed by atoms with E-state index in [1.807, 2.05) is 61.5 Å². The van der Waals surface area contributed by atoms with Gasteiger partial charge in [-0.25, -0.2) is 0 Å². The molecule has 0 heterocycles. The zero-order chi connectivity index (χ0) is 14.4. The quantitative estimate of drug-likeness (QED) is 0.875. The van der Waals surface area contributed by atoms with Crippen molar-refractivity contribution in [2.24, 2.45) is 0 Å². The molecule has 3 heteroatoms. The Morgan fingerprint density at radius 1 is 0.950 bits per heavy atom. The van der Waals surface area contributed by atoms with Gasteiger partial charge in [0.25, 0.3) is 0 Å². The highest BCUT2D eigenvalue weighted by Gasteiger charge is 2.10. The number of hydrogen-bond acceptors (Lipinski definition) is 3. The Balaban J connectivity index is 1.96. The first-order valence-corrected chi connectivity index (χ1v) is 6.76. The van der Waals surface area contributed by atoms with Gasteiger partial charge in [0.2, 0.25) is 0 Å². The molecule has 0 saturated carbocycles. The summed E-state index contributed by atoms with van der Waals surface area (Å²) in [5, 5.41) is 9.45. The summed E-state index contributed by atoms with van der Waals surface area (Å²) in [5.74, 6) is 1.45. The predicted octanol–water partition coefficient (Wildman–Crippen LogP) is 3.41. The summed E-state index contributed by atoms with van der Waals surface area (Å²) in [6.07, 6.45) is -0.761. The number of benzene rings is 2. The highest BCUT2D eigenvalue weighted by molar-refractivity contribution is 5.33. The summed E-state index contributed by atoms with van der Waals surface area (Å²) < 4.78 is 11.4. The average Bonchev–Trinajstić information content (AvgIpc) is 2.46. The lowest BCUT2D eigenvalue weighted by molar-refractivity contribution is 0.0602. The highest BCUT2D eigenvalue weighted by Crippen LogP contribution is 2.21. The van der Waals surface area contributed by atoms with Crippen molar-refractivity contribution < 1.29 is 14.6 Å². The van der Waals surface area contributed by atoms with Crippen LogP contribution in [0.2, 0.25) is 0 Å². The molecule has 3 nitrogen and oxygen atoms in total. The van der Waals surface area contributed by atoms with Crippen LogP contribution >= 0.6 is 0 Å². The number of aliphatic hydroxyl groups excluding tert-OH is 1. The highest BCUT2D eigenvalue weighted by atomic mass is 16.5. The topological polar surface area (TPSA) is 38.7 Å². The molecule has 20 heavy (non-hydrogen) atoms. The molecule has 0 aromatic heterocycles. The Bertz CT molecular complexity index is 523. The van der Waals surface area contributed by atoms with Crippen molar-refractivity contribution in [2.75, 3.05) is 0 Å². The normalized spacial score (nSPS) is 13.6. The van der Waals surface area contributed by atoms with Crippen LogP contribution in [-0.2, 0) is 6.61 Å². The Kier molecular flexibility index (Phi) is 5.02. The van der Waals surface area contributed by atoms with E-state index in [0.29, 0.717) is 12.4 Å². The van der Waals surface area contributed by atoms with E-state index in [4.69, 9.17) is 9.47 Å². The third-order valence-electron chi connectivity index (χ3n) is 3.06. The molecular formula is C17H20O3. The first kappa shape index (κ1) is 14.4. The van der Waals surface area contributed by atoms with Gasteiger partial charge in [0.15, 0.2) is 0 Å². The smallest absolute Gasteiger partial charge is 0.123 e. The molecule has 2 atom stereocenters. The second-order valence-electron chi connectivity index (χ2n) is 4.81. The van der Waals surface area contributed by atoms with Crippen LogP contribution < -0.4 is 9.47 Å². The minimum atomic E-state index is -0.510. The van der Waals surface area contributed by atoms with Crippen molar-refractivity contribution in [1.29, 1.82) is 0 Å². The molecular weight excluding hydrogens is 252 g/mol. The zero-order valence-electron chi connectivity index (χ0n) is 11.8. The van der Waals surface area contributed by atoms with Crippen LogP contribution in [0.1, 0.15) is 19.4 Å². The zero-order valence-corrected chi connectivity index (χ0v) is 11.8. The largest absolute Gasteiger partial charge is 0.489 e. The summed E-state index contributed by atoms with van der Waals surface area (Å²) >= 11 is 0. The fourth-order valence-electron chi connectivity index (χ4n) is 1.69. The first-order valence-electron chi connectivity index (χ1n) is 6.76. The van der Waals surface area contributed by atoms with Crippen molar-refractivity contribution in [3.63, 3.8) is 0 Å². The van der Waals surface area contributed by atoms with E-state index < -0.39 is 6.10 Å². The molecule has 2 rings (SSSR count). The van der Waals surface area contributed by atoms with Gasteiger partial charge in [0, 0.05) is 6.07 Å². The van der Waals surface area contributed by atoms with Gasteiger partial charge in [0.05, 0.1) is 6.10 Å². The standard InChI is InChI=1S/C17H20O3/c1-13(18)14(2)20-17-10-6-9-16(11-17)19-12-15-7-4-3-5-8-15/h3-11,13-14,18H,12H2,1-2H3/t13-,14-/m1/s1. The Hall–Kier alpha value is -2.00. The van der Waals surface area contributed by atoms with Gasteiger partial charge in [-0.15, -0.1) is 0 Å². The molecule has 0 fully saturated rings. The first-order chi connectivity index (χ1) is 9.65. The maximum Gasteiger partial charge on any atom is 0.123 e. The lowest BCUT2D eigenvalue weighted by Crippen LogP contribution is -2.25. The summed E-state index contributed by atoms with van der Waals surface area (Å²) in [7, 11) is 0. The van der Waals surface area contributed by atoms with Crippen molar-refractivity contribution >= 4 is 0 Å². The van der Waals surface area contributed by atoms with E-state index in [9.17, 15) is 5.11 Å². The SMILES string of the molecule is C[C@@H](O)[C@@H](C)Oc1cccc(OCc2ccccc2)c1. The van der Waals surface area contributed by atoms with E-state index in [2.05, 4.69) is 0 Å². The van der Waals surface area contributed by atoms with Gasteiger partial charge in [0.1, 0.15) is 24.2 Å². The van der Waals surface area contributed by atoms with Crippen LogP contribution in [-0.4, -0.2) is 17.3 Å². The summed E-state index contributed by atoms with van der Waals surface area (Å²) in [4.78, 5) is 0. The van der Waals surface area contributed by atoms with Crippen LogP contribution in [0.4, 0.5) is 0 Å². The Labute approximate surface area is 119 Å². The molecule has 0 radical (unpaired) electrons. The van der Waals surface area contributed by atoms with E-state index in [1.54, 1.807) is 6.92 Å².